The van der Waals surface area contributed by atoms with E-state index in [1.807, 2.05) is 72.3 Å². The quantitative estimate of drug-likeness (QED) is 0.698. The maximum Gasteiger partial charge on any atom is 0.233 e. The largest absolute Gasteiger partial charge is 0.351 e. The summed E-state index contributed by atoms with van der Waals surface area (Å²) in [5.74, 6) is 0.0440. The van der Waals surface area contributed by atoms with Gasteiger partial charge in [-0.25, -0.2) is 4.98 Å². The first-order valence-electron chi connectivity index (χ1n) is 7.79. The van der Waals surface area contributed by atoms with Gasteiger partial charge in [0.05, 0.1) is 11.6 Å². The highest BCUT2D eigenvalue weighted by Gasteiger charge is 2.13. The third kappa shape index (κ3) is 4.26. The average Bonchev–Trinajstić information content (AvgIpc) is 3.15. The monoisotopic (exact) mass is 337 g/mol. The highest BCUT2D eigenvalue weighted by molar-refractivity contribution is 8.00. The predicted molar refractivity (Wildman–Crippen MR) is 97.2 cm³/mol. The lowest BCUT2D eigenvalue weighted by Gasteiger charge is -2.12. The lowest BCUT2D eigenvalue weighted by molar-refractivity contribution is -0.120. The molecule has 3 rings (SSSR count). The summed E-state index contributed by atoms with van der Waals surface area (Å²) >= 11 is 1.57. The zero-order valence-corrected chi connectivity index (χ0v) is 14.2. The Labute approximate surface area is 145 Å². The molecule has 0 unspecified atom stereocenters. The van der Waals surface area contributed by atoms with E-state index in [9.17, 15) is 4.79 Å². The SMILES string of the molecule is C[C@H](Sc1ccccc1)C(=O)NCc1ccc(-n2ccnc2)cc1. The molecule has 0 aliphatic rings. The molecule has 3 aromatic rings. The molecule has 0 spiro atoms. The summed E-state index contributed by atoms with van der Waals surface area (Å²) in [5, 5.41) is 2.87. The van der Waals surface area contributed by atoms with Crippen molar-refractivity contribution >= 4 is 17.7 Å². The van der Waals surface area contributed by atoms with E-state index in [-0.39, 0.29) is 11.2 Å². The standard InChI is InChI=1S/C19H19N3OS/c1-15(24-18-5-3-2-4-6-18)19(23)21-13-16-7-9-17(10-8-16)22-12-11-20-14-22/h2-12,14-15H,13H2,1H3,(H,21,23)/t15-/m0/s1. The van der Waals surface area contributed by atoms with Gasteiger partial charge in [-0.05, 0) is 36.8 Å². The van der Waals surface area contributed by atoms with Gasteiger partial charge in [-0.3, -0.25) is 4.79 Å². The van der Waals surface area contributed by atoms with Gasteiger partial charge >= 0.3 is 0 Å². The molecule has 0 bridgehead atoms. The molecule has 0 radical (unpaired) electrons. The maximum atomic E-state index is 12.2. The molecule has 0 saturated heterocycles. The third-order valence-corrected chi connectivity index (χ3v) is 4.74. The second-order valence-electron chi connectivity index (χ2n) is 5.43. The maximum absolute atomic E-state index is 12.2. The molecule has 5 heteroatoms. The normalized spacial score (nSPS) is 11.9. The summed E-state index contributed by atoms with van der Waals surface area (Å²) < 4.78 is 1.95. The van der Waals surface area contributed by atoms with Crippen molar-refractivity contribution < 1.29 is 4.79 Å². The van der Waals surface area contributed by atoms with Crippen molar-refractivity contribution in [1.82, 2.24) is 14.9 Å². The molecule has 1 heterocycles. The van der Waals surface area contributed by atoms with Crippen molar-refractivity contribution in [1.29, 1.82) is 0 Å². The number of benzene rings is 2. The first-order chi connectivity index (χ1) is 11.7. The van der Waals surface area contributed by atoms with Crippen LogP contribution in [0.15, 0.2) is 78.2 Å². The Kier molecular flexibility index (Phi) is 5.33. The fourth-order valence-corrected chi connectivity index (χ4v) is 3.20. The molecular weight excluding hydrogens is 318 g/mol. The lowest BCUT2D eigenvalue weighted by Crippen LogP contribution is -2.30. The second kappa shape index (κ2) is 7.84. The molecule has 1 atom stereocenters. The molecule has 0 fully saturated rings. The Morgan fingerprint density at radius 3 is 2.58 bits per heavy atom. The van der Waals surface area contributed by atoms with E-state index in [0.717, 1.165) is 16.1 Å². The molecule has 4 nitrogen and oxygen atoms in total. The Bertz CT molecular complexity index is 770. The first-order valence-corrected chi connectivity index (χ1v) is 8.67. The molecule has 122 valence electrons. The number of imidazole rings is 1. The van der Waals surface area contributed by atoms with Gasteiger partial charge in [0.2, 0.25) is 5.91 Å². The predicted octanol–water partition coefficient (Wildman–Crippen LogP) is 3.67. The molecule has 2 aromatic carbocycles. The van der Waals surface area contributed by atoms with Crippen LogP contribution in [-0.2, 0) is 11.3 Å². The van der Waals surface area contributed by atoms with Crippen molar-refractivity contribution in [3.63, 3.8) is 0 Å². The number of nitrogens with zero attached hydrogens (tertiary/aromatic N) is 2. The van der Waals surface area contributed by atoms with Gasteiger partial charge < -0.3 is 9.88 Å². The van der Waals surface area contributed by atoms with E-state index in [1.165, 1.54) is 0 Å². The third-order valence-electron chi connectivity index (χ3n) is 3.63. The average molecular weight is 337 g/mol. The van der Waals surface area contributed by atoms with Crippen LogP contribution in [0.2, 0.25) is 0 Å². The smallest absolute Gasteiger partial charge is 0.233 e. The molecular formula is C19H19N3OS. The number of carbonyl (C=O) groups is 1. The summed E-state index contributed by atoms with van der Waals surface area (Å²) in [6.45, 7) is 2.46. The van der Waals surface area contributed by atoms with Gasteiger partial charge in [0.1, 0.15) is 0 Å². The fraction of sp³-hybridized carbons (Fsp3) is 0.158. The Morgan fingerprint density at radius 2 is 1.92 bits per heavy atom. The van der Waals surface area contributed by atoms with E-state index in [0.29, 0.717) is 6.54 Å². The van der Waals surface area contributed by atoms with E-state index in [1.54, 1.807) is 24.3 Å². The summed E-state index contributed by atoms with van der Waals surface area (Å²) in [5.41, 5.74) is 2.12. The van der Waals surface area contributed by atoms with Crippen molar-refractivity contribution in [3.05, 3.63) is 78.9 Å². The van der Waals surface area contributed by atoms with Gasteiger partial charge in [0, 0.05) is 29.5 Å². The number of hydrogen-bond acceptors (Lipinski definition) is 3. The Hall–Kier alpha value is -2.53. The summed E-state index contributed by atoms with van der Waals surface area (Å²) in [6.07, 6.45) is 5.42. The van der Waals surface area contributed by atoms with Crippen LogP contribution in [-0.4, -0.2) is 20.7 Å². The number of amides is 1. The van der Waals surface area contributed by atoms with Crippen LogP contribution in [0.1, 0.15) is 12.5 Å². The fourth-order valence-electron chi connectivity index (χ4n) is 2.29. The van der Waals surface area contributed by atoms with Crippen LogP contribution in [0.5, 0.6) is 0 Å². The van der Waals surface area contributed by atoms with Gasteiger partial charge in [0.15, 0.2) is 0 Å². The first kappa shape index (κ1) is 16.3. The Balaban J connectivity index is 1.52. The number of rotatable bonds is 6. The summed E-state index contributed by atoms with van der Waals surface area (Å²) in [4.78, 5) is 17.4. The van der Waals surface area contributed by atoms with E-state index >= 15 is 0 Å². The minimum atomic E-state index is -0.127. The van der Waals surface area contributed by atoms with Gasteiger partial charge in [-0.15, -0.1) is 11.8 Å². The Morgan fingerprint density at radius 1 is 1.17 bits per heavy atom. The number of aromatic nitrogens is 2. The van der Waals surface area contributed by atoms with Crippen molar-refractivity contribution in [3.8, 4) is 5.69 Å². The molecule has 1 amide bonds. The van der Waals surface area contributed by atoms with Gasteiger partial charge in [0.25, 0.3) is 0 Å². The van der Waals surface area contributed by atoms with Gasteiger partial charge in [-0.1, -0.05) is 30.3 Å². The zero-order valence-electron chi connectivity index (χ0n) is 13.4. The number of thioether (sulfide) groups is 1. The van der Waals surface area contributed by atoms with E-state index in [4.69, 9.17) is 0 Å². The van der Waals surface area contributed by atoms with Crippen LogP contribution in [0.3, 0.4) is 0 Å². The van der Waals surface area contributed by atoms with Crippen LogP contribution in [0.4, 0.5) is 0 Å². The van der Waals surface area contributed by atoms with Crippen molar-refractivity contribution in [2.75, 3.05) is 0 Å². The molecule has 24 heavy (non-hydrogen) atoms. The van der Waals surface area contributed by atoms with Crippen LogP contribution in [0.25, 0.3) is 5.69 Å². The molecule has 1 N–H and O–H groups in total. The van der Waals surface area contributed by atoms with Crippen LogP contribution >= 0.6 is 11.8 Å². The molecule has 0 aliphatic heterocycles. The highest BCUT2D eigenvalue weighted by Crippen LogP contribution is 2.22. The minimum Gasteiger partial charge on any atom is -0.351 e. The van der Waals surface area contributed by atoms with Crippen molar-refractivity contribution in [2.24, 2.45) is 0 Å². The number of nitrogens with one attached hydrogen (secondary N) is 1. The van der Waals surface area contributed by atoms with Crippen molar-refractivity contribution in [2.45, 2.75) is 23.6 Å². The van der Waals surface area contributed by atoms with Gasteiger partial charge in [-0.2, -0.15) is 0 Å². The molecule has 1 aromatic heterocycles. The number of carbonyl (C=O) groups excluding carboxylic acids is 1. The second-order valence-corrected chi connectivity index (χ2v) is 6.84. The summed E-state index contributed by atoms with van der Waals surface area (Å²) in [7, 11) is 0. The van der Waals surface area contributed by atoms with E-state index in [2.05, 4.69) is 10.3 Å². The molecule has 0 aliphatic carbocycles. The van der Waals surface area contributed by atoms with E-state index < -0.39 is 0 Å². The van der Waals surface area contributed by atoms with Crippen LogP contribution < -0.4 is 5.32 Å². The topological polar surface area (TPSA) is 46.9 Å². The zero-order chi connectivity index (χ0) is 16.8. The van der Waals surface area contributed by atoms with Crippen LogP contribution in [0, 0.1) is 0 Å². The molecule has 0 saturated carbocycles. The lowest BCUT2D eigenvalue weighted by atomic mass is 10.2. The number of hydrogen-bond donors (Lipinski definition) is 1. The highest BCUT2D eigenvalue weighted by atomic mass is 32.2. The summed E-state index contributed by atoms with van der Waals surface area (Å²) in [6, 6.07) is 18.0. The minimum absolute atomic E-state index is 0.0440.